The summed E-state index contributed by atoms with van der Waals surface area (Å²) >= 11 is 0. The lowest BCUT2D eigenvalue weighted by molar-refractivity contribution is -0.120. The van der Waals surface area contributed by atoms with Crippen LogP contribution in [0.2, 0.25) is 0 Å². The van der Waals surface area contributed by atoms with Gasteiger partial charge in [0.25, 0.3) is 0 Å². The van der Waals surface area contributed by atoms with Crippen molar-refractivity contribution in [3.05, 3.63) is 70.5 Å². The molecule has 122 valence electrons. The van der Waals surface area contributed by atoms with E-state index in [1.807, 2.05) is 6.07 Å². The second kappa shape index (κ2) is 6.28. The van der Waals surface area contributed by atoms with E-state index in [2.05, 4.69) is 5.32 Å². The lowest BCUT2D eigenvalue weighted by Crippen LogP contribution is -2.24. The Kier molecular flexibility index (Phi) is 4.16. The van der Waals surface area contributed by atoms with E-state index < -0.39 is 23.1 Å². The van der Waals surface area contributed by atoms with Crippen molar-refractivity contribution in [2.75, 3.05) is 12.4 Å². The highest BCUT2D eigenvalue weighted by atomic mass is 19.1. The van der Waals surface area contributed by atoms with E-state index in [1.165, 1.54) is 6.07 Å². The molecule has 2 aromatic carbocycles. The predicted molar refractivity (Wildman–Crippen MR) is 89.4 cm³/mol. The zero-order valence-corrected chi connectivity index (χ0v) is 13.1. The Bertz CT molecular complexity index is 856. The van der Waals surface area contributed by atoms with Gasteiger partial charge in [-0.25, -0.2) is 4.39 Å². The number of fused-ring (bicyclic) bond motifs is 1. The molecule has 0 unspecified atom stereocenters. The lowest BCUT2D eigenvalue weighted by Gasteiger charge is -2.21. The van der Waals surface area contributed by atoms with Gasteiger partial charge in [-0.2, -0.15) is 0 Å². The first kappa shape index (κ1) is 15.9. The van der Waals surface area contributed by atoms with E-state index in [1.54, 1.807) is 31.3 Å². The number of hydrogen-bond acceptors (Lipinski definition) is 4. The van der Waals surface area contributed by atoms with Crippen molar-refractivity contribution in [2.24, 2.45) is 0 Å². The molecule has 0 bridgehead atoms. The third kappa shape index (κ3) is 2.80. The number of allylic oxidation sites excluding steroid dienone is 1. The average molecular weight is 325 g/mol. The Morgan fingerprint density at radius 1 is 1.25 bits per heavy atom. The molecule has 0 spiro atoms. The summed E-state index contributed by atoms with van der Waals surface area (Å²) in [5.74, 6) is -1.92. The highest BCUT2D eigenvalue weighted by Crippen LogP contribution is 2.34. The van der Waals surface area contributed by atoms with Gasteiger partial charge in [-0.05, 0) is 23.3 Å². The number of anilines is 1. The fourth-order valence-electron chi connectivity index (χ4n) is 2.93. The van der Waals surface area contributed by atoms with E-state index in [4.69, 9.17) is 0 Å². The number of ketones is 2. The Hall–Kier alpha value is -2.95. The number of aliphatic hydroxyl groups is 1. The molecule has 0 aromatic heterocycles. The number of carbonyl (C=O) groups is 2. The molecule has 1 aliphatic carbocycles. The molecule has 0 radical (unpaired) electrons. The van der Waals surface area contributed by atoms with Crippen molar-refractivity contribution >= 4 is 23.0 Å². The van der Waals surface area contributed by atoms with Gasteiger partial charge in [0.05, 0.1) is 0 Å². The zero-order valence-electron chi connectivity index (χ0n) is 13.1. The van der Waals surface area contributed by atoms with Gasteiger partial charge in [-0.3, -0.25) is 9.59 Å². The van der Waals surface area contributed by atoms with Crippen molar-refractivity contribution in [3.8, 4) is 0 Å². The molecule has 0 saturated carbocycles. The van der Waals surface area contributed by atoms with Crippen LogP contribution in [-0.2, 0) is 22.4 Å². The second-order valence-corrected chi connectivity index (χ2v) is 5.64. The van der Waals surface area contributed by atoms with Gasteiger partial charge in [0.1, 0.15) is 17.1 Å². The van der Waals surface area contributed by atoms with Crippen LogP contribution in [0.25, 0.3) is 5.76 Å². The molecule has 0 saturated heterocycles. The number of benzene rings is 2. The molecule has 0 amide bonds. The fraction of sp³-hybridized carbons (Fsp3) is 0.158. The third-order valence-electron chi connectivity index (χ3n) is 4.08. The number of hydrogen-bond donors (Lipinski definition) is 2. The maximum Gasteiger partial charge on any atom is 0.174 e. The molecule has 0 fully saturated rings. The Morgan fingerprint density at radius 3 is 2.62 bits per heavy atom. The van der Waals surface area contributed by atoms with Crippen LogP contribution in [0, 0.1) is 5.82 Å². The lowest BCUT2D eigenvalue weighted by atomic mass is 9.85. The monoisotopic (exact) mass is 325 g/mol. The van der Waals surface area contributed by atoms with Crippen LogP contribution in [0.5, 0.6) is 0 Å². The highest BCUT2D eigenvalue weighted by molar-refractivity contribution is 6.26. The maximum absolute atomic E-state index is 13.7. The van der Waals surface area contributed by atoms with Crippen LogP contribution in [0.3, 0.4) is 0 Å². The van der Waals surface area contributed by atoms with Crippen LogP contribution in [0.15, 0.2) is 48.0 Å². The molecule has 2 N–H and O–H groups in total. The average Bonchev–Trinajstić information content (AvgIpc) is 2.56. The summed E-state index contributed by atoms with van der Waals surface area (Å²) < 4.78 is 13.7. The molecule has 3 rings (SSSR count). The molecule has 24 heavy (non-hydrogen) atoms. The summed E-state index contributed by atoms with van der Waals surface area (Å²) in [6.07, 6.45) is -0.0405. The summed E-state index contributed by atoms with van der Waals surface area (Å²) in [7, 11) is 1.61. The normalized spacial score (nSPS) is 13.7. The Balaban J connectivity index is 2.04. The number of Topliss-reactive ketones (excluding diaryl/α,β-unsaturated/α-hetero) is 2. The second-order valence-electron chi connectivity index (χ2n) is 5.64. The van der Waals surface area contributed by atoms with Gasteiger partial charge in [0.15, 0.2) is 11.6 Å². The van der Waals surface area contributed by atoms with Crippen molar-refractivity contribution in [1.82, 2.24) is 0 Å². The zero-order chi connectivity index (χ0) is 17.3. The van der Waals surface area contributed by atoms with Crippen LogP contribution in [0.4, 0.5) is 10.1 Å². The minimum Gasteiger partial charge on any atom is -0.506 e. The maximum atomic E-state index is 13.7. The number of aliphatic hydroxyl groups excluding tert-OH is 1. The molecule has 2 aromatic rings. The van der Waals surface area contributed by atoms with Gasteiger partial charge in [-0.1, -0.05) is 30.3 Å². The first-order chi connectivity index (χ1) is 11.5. The largest absolute Gasteiger partial charge is 0.506 e. The van der Waals surface area contributed by atoms with E-state index in [0.717, 1.165) is 11.6 Å². The van der Waals surface area contributed by atoms with E-state index >= 15 is 0 Å². The Morgan fingerprint density at radius 2 is 1.96 bits per heavy atom. The van der Waals surface area contributed by atoms with Crippen LogP contribution in [-0.4, -0.2) is 23.7 Å². The quantitative estimate of drug-likeness (QED) is 0.848. The topological polar surface area (TPSA) is 66.4 Å². The molecule has 5 heteroatoms. The number of nitrogens with one attached hydrogen (secondary N) is 1. The minimum atomic E-state index is -0.547. The summed E-state index contributed by atoms with van der Waals surface area (Å²) in [5, 5.41) is 13.2. The van der Waals surface area contributed by atoms with Gasteiger partial charge in [0, 0.05) is 31.1 Å². The fourth-order valence-corrected chi connectivity index (χ4v) is 2.93. The van der Waals surface area contributed by atoms with Crippen molar-refractivity contribution in [2.45, 2.75) is 12.8 Å². The molecule has 0 heterocycles. The first-order valence-electron chi connectivity index (χ1n) is 7.55. The number of rotatable bonds is 4. The van der Waals surface area contributed by atoms with Gasteiger partial charge < -0.3 is 10.4 Å². The number of carbonyl (C=O) groups excluding carboxylic acids is 2. The van der Waals surface area contributed by atoms with Crippen molar-refractivity contribution < 1.29 is 19.1 Å². The van der Waals surface area contributed by atoms with E-state index in [-0.39, 0.29) is 24.0 Å². The molecule has 0 atom stereocenters. The molecule has 1 aliphatic rings. The standard InChI is InChI=1S/C19H16FNO3/c1-21-15-9-12(20)8-14-13(15)10-17(23)18(19(14)24)16(22)7-11-5-3-2-4-6-11/h2-6,8-9,21,24H,7,10H2,1H3. The molecule has 0 aliphatic heterocycles. The molecular weight excluding hydrogens is 309 g/mol. The summed E-state index contributed by atoms with van der Waals surface area (Å²) in [6, 6.07) is 11.4. The van der Waals surface area contributed by atoms with Crippen molar-refractivity contribution in [1.29, 1.82) is 0 Å². The van der Waals surface area contributed by atoms with Crippen LogP contribution < -0.4 is 5.32 Å². The first-order valence-corrected chi connectivity index (χ1v) is 7.55. The summed E-state index contributed by atoms with van der Waals surface area (Å²) in [5.41, 5.74) is 1.61. The van der Waals surface area contributed by atoms with Gasteiger partial charge in [0.2, 0.25) is 0 Å². The van der Waals surface area contributed by atoms with Gasteiger partial charge >= 0.3 is 0 Å². The van der Waals surface area contributed by atoms with E-state index in [0.29, 0.717) is 11.3 Å². The minimum absolute atomic E-state index is 0.00943. The Labute approximate surface area is 138 Å². The van der Waals surface area contributed by atoms with Crippen LogP contribution >= 0.6 is 0 Å². The smallest absolute Gasteiger partial charge is 0.174 e. The predicted octanol–water partition coefficient (Wildman–Crippen LogP) is 3.07. The van der Waals surface area contributed by atoms with Crippen molar-refractivity contribution in [3.63, 3.8) is 0 Å². The van der Waals surface area contributed by atoms with Crippen LogP contribution in [0.1, 0.15) is 16.7 Å². The summed E-state index contributed by atoms with van der Waals surface area (Å²) in [4.78, 5) is 24.9. The molecular formula is C19H16FNO3. The van der Waals surface area contributed by atoms with E-state index in [9.17, 15) is 19.1 Å². The SMILES string of the molecule is CNc1cc(F)cc2c1CC(=O)C(C(=O)Cc1ccccc1)=C2O. The summed E-state index contributed by atoms with van der Waals surface area (Å²) in [6.45, 7) is 0. The highest BCUT2D eigenvalue weighted by Gasteiger charge is 2.31. The van der Waals surface area contributed by atoms with Gasteiger partial charge in [-0.15, -0.1) is 0 Å². The number of halogens is 1. The third-order valence-corrected chi connectivity index (χ3v) is 4.08. The molecule has 4 nitrogen and oxygen atoms in total.